The fourth-order valence-electron chi connectivity index (χ4n) is 4.54. The highest BCUT2D eigenvalue weighted by molar-refractivity contribution is 6.20. The minimum Gasteiger partial charge on any atom is -0.444 e. The van der Waals surface area contributed by atoms with Crippen LogP contribution in [-0.2, 0) is 20.9 Å². The predicted octanol–water partition coefficient (Wildman–Crippen LogP) is 2.81. The van der Waals surface area contributed by atoms with Crippen molar-refractivity contribution in [3.8, 4) is 0 Å². The number of para-hydroxylation sites is 1. The highest BCUT2D eigenvalue weighted by Gasteiger charge is 2.43. The lowest BCUT2D eigenvalue weighted by atomic mass is 9.93. The molecule has 2 amide bonds. The highest BCUT2D eigenvalue weighted by Crippen LogP contribution is 2.45. The summed E-state index contributed by atoms with van der Waals surface area (Å²) in [5.74, 6) is -0.722. The first-order valence-corrected chi connectivity index (χ1v) is 11.9. The van der Waals surface area contributed by atoms with Gasteiger partial charge in [0, 0.05) is 18.2 Å². The van der Waals surface area contributed by atoms with Crippen molar-refractivity contribution in [3.63, 3.8) is 0 Å². The Kier molecular flexibility index (Phi) is 7.30. The van der Waals surface area contributed by atoms with Crippen LogP contribution in [0.5, 0.6) is 0 Å². The molecule has 2 aliphatic rings. The van der Waals surface area contributed by atoms with Crippen molar-refractivity contribution in [2.75, 3.05) is 18.1 Å². The predicted molar refractivity (Wildman–Crippen MR) is 138 cm³/mol. The van der Waals surface area contributed by atoms with Crippen molar-refractivity contribution in [2.45, 2.75) is 51.1 Å². The molecule has 0 bridgehead atoms. The number of rotatable bonds is 8. The second-order valence-corrected chi connectivity index (χ2v) is 9.90. The SMILES string of the molecule is CC(C)(C)OC(=O)NCC(COCc1ccccc1)N1c2ccccc2C2C=C(C(N)=O)C(N)=NC21. The number of nitrogens with two attached hydrogens (primary N) is 2. The molecule has 0 radical (unpaired) electrons. The van der Waals surface area contributed by atoms with Crippen molar-refractivity contribution in [2.24, 2.45) is 16.5 Å². The van der Waals surface area contributed by atoms with Gasteiger partial charge in [-0.2, -0.15) is 0 Å². The van der Waals surface area contributed by atoms with Gasteiger partial charge in [0.25, 0.3) is 5.91 Å². The smallest absolute Gasteiger partial charge is 0.407 e. The molecule has 2 aromatic carbocycles. The number of hydrogen-bond acceptors (Lipinski definition) is 7. The molecule has 36 heavy (non-hydrogen) atoms. The van der Waals surface area contributed by atoms with Gasteiger partial charge in [0.2, 0.25) is 0 Å². The molecule has 9 heteroatoms. The van der Waals surface area contributed by atoms with Crippen LogP contribution in [0.1, 0.15) is 37.8 Å². The molecule has 3 unspecified atom stereocenters. The fraction of sp³-hybridized carbons (Fsp3) is 0.370. The zero-order chi connectivity index (χ0) is 25.9. The monoisotopic (exact) mass is 491 g/mol. The molecular formula is C27H33N5O4. The van der Waals surface area contributed by atoms with Crippen LogP contribution < -0.4 is 21.7 Å². The first-order valence-electron chi connectivity index (χ1n) is 11.9. The molecule has 0 saturated heterocycles. The van der Waals surface area contributed by atoms with Crippen molar-refractivity contribution < 1.29 is 19.1 Å². The summed E-state index contributed by atoms with van der Waals surface area (Å²) >= 11 is 0. The third-order valence-corrected chi connectivity index (χ3v) is 6.04. The largest absolute Gasteiger partial charge is 0.444 e. The number of hydrogen-bond donors (Lipinski definition) is 3. The molecule has 190 valence electrons. The molecule has 4 rings (SSSR count). The van der Waals surface area contributed by atoms with E-state index in [0.717, 1.165) is 16.8 Å². The van der Waals surface area contributed by atoms with E-state index in [2.05, 4.69) is 15.2 Å². The van der Waals surface area contributed by atoms with Crippen LogP contribution in [0, 0.1) is 0 Å². The zero-order valence-electron chi connectivity index (χ0n) is 20.8. The Labute approximate surface area is 211 Å². The van der Waals surface area contributed by atoms with E-state index in [1.165, 1.54) is 0 Å². The van der Waals surface area contributed by atoms with Gasteiger partial charge in [0.1, 0.15) is 17.6 Å². The number of alkyl carbamates (subject to hydrolysis) is 1. The number of anilines is 1. The normalized spacial score (nSPS) is 19.5. The highest BCUT2D eigenvalue weighted by atomic mass is 16.6. The van der Waals surface area contributed by atoms with Gasteiger partial charge in [-0.25, -0.2) is 9.79 Å². The lowest BCUT2D eigenvalue weighted by Crippen LogP contribution is -2.51. The Bertz CT molecular complexity index is 1170. The number of carbonyl (C=O) groups is 2. The number of carbonyl (C=O) groups excluding carboxylic acids is 2. The fourth-order valence-corrected chi connectivity index (χ4v) is 4.54. The lowest BCUT2D eigenvalue weighted by Gasteiger charge is -2.36. The standard InChI is InChI=1S/C27H33N5O4/c1-27(2,3)36-26(34)30-14-18(16-35-15-17-9-5-4-6-10-17)32-22-12-8-7-11-19(22)20-13-21(24(29)33)23(28)31-25(20)32/h4-13,18,20,25H,14-16H2,1-3H3,(H2,28,31)(H2,29,33)(H,30,34). The quantitative estimate of drug-likeness (QED) is 0.520. The van der Waals surface area contributed by atoms with Crippen LogP contribution in [0.4, 0.5) is 10.5 Å². The average molecular weight is 492 g/mol. The van der Waals surface area contributed by atoms with E-state index in [4.69, 9.17) is 20.9 Å². The van der Waals surface area contributed by atoms with E-state index in [1.807, 2.05) is 75.4 Å². The van der Waals surface area contributed by atoms with E-state index < -0.39 is 23.8 Å². The molecule has 2 aliphatic heterocycles. The number of fused-ring (bicyclic) bond motifs is 3. The Balaban J connectivity index is 1.61. The van der Waals surface area contributed by atoms with Gasteiger partial charge in [-0.1, -0.05) is 54.6 Å². The summed E-state index contributed by atoms with van der Waals surface area (Å²) in [6.45, 7) is 6.43. The van der Waals surface area contributed by atoms with Gasteiger partial charge in [-0.05, 0) is 38.0 Å². The number of primary amides is 1. The number of ether oxygens (including phenoxy) is 2. The molecule has 0 fully saturated rings. The second kappa shape index (κ2) is 10.4. The van der Waals surface area contributed by atoms with Crippen molar-refractivity contribution in [3.05, 3.63) is 77.4 Å². The molecule has 2 heterocycles. The lowest BCUT2D eigenvalue weighted by molar-refractivity contribution is -0.114. The number of nitrogens with one attached hydrogen (secondary N) is 1. The first-order chi connectivity index (χ1) is 17.1. The van der Waals surface area contributed by atoms with Crippen LogP contribution in [0.15, 0.2) is 71.2 Å². The van der Waals surface area contributed by atoms with Crippen molar-refractivity contribution in [1.82, 2.24) is 5.32 Å². The number of aliphatic imine (C=N–C) groups is 1. The van der Waals surface area contributed by atoms with Gasteiger partial charge in [0.15, 0.2) is 0 Å². The maximum absolute atomic E-state index is 12.5. The van der Waals surface area contributed by atoms with Crippen LogP contribution in [-0.4, -0.2) is 48.8 Å². The summed E-state index contributed by atoms with van der Waals surface area (Å²) in [6.07, 6.45) is 0.871. The molecule has 2 aromatic rings. The van der Waals surface area contributed by atoms with Gasteiger partial charge in [0.05, 0.1) is 24.8 Å². The summed E-state index contributed by atoms with van der Waals surface area (Å²) in [7, 11) is 0. The number of amides is 2. The Morgan fingerprint density at radius 2 is 1.81 bits per heavy atom. The molecule has 5 N–H and O–H groups in total. The Morgan fingerprint density at radius 3 is 2.50 bits per heavy atom. The molecule has 9 nitrogen and oxygen atoms in total. The van der Waals surface area contributed by atoms with Gasteiger partial charge >= 0.3 is 6.09 Å². The summed E-state index contributed by atoms with van der Waals surface area (Å²) in [5.41, 5.74) is 14.3. The second-order valence-electron chi connectivity index (χ2n) is 9.90. The number of benzene rings is 2. The summed E-state index contributed by atoms with van der Waals surface area (Å²) in [5, 5.41) is 2.88. The zero-order valence-corrected chi connectivity index (χ0v) is 20.8. The van der Waals surface area contributed by atoms with Crippen LogP contribution in [0.25, 0.3) is 0 Å². The Morgan fingerprint density at radius 1 is 1.11 bits per heavy atom. The van der Waals surface area contributed by atoms with E-state index in [1.54, 1.807) is 6.08 Å². The minimum atomic E-state index is -0.618. The van der Waals surface area contributed by atoms with E-state index in [0.29, 0.717) is 13.2 Å². The number of dihydropyridines is 1. The number of amidine groups is 1. The van der Waals surface area contributed by atoms with E-state index >= 15 is 0 Å². The third kappa shape index (κ3) is 5.68. The van der Waals surface area contributed by atoms with Crippen LogP contribution >= 0.6 is 0 Å². The molecule has 0 aromatic heterocycles. The topological polar surface area (TPSA) is 132 Å². The van der Waals surface area contributed by atoms with Crippen molar-refractivity contribution >= 4 is 23.5 Å². The molecular weight excluding hydrogens is 458 g/mol. The van der Waals surface area contributed by atoms with Gasteiger partial charge in [-0.15, -0.1) is 0 Å². The summed E-state index contributed by atoms with van der Waals surface area (Å²) in [4.78, 5) is 31.2. The van der Waals surface area contributed by atoms with Crippen LogP contribution in [0.3, 0.4) is 0 Å². The van der Waals surface area contributed by atoms with Crippen LogP contribution in [0.2, 0.25) is 0 Å². The number of nitrogens with zero attached hydrogens (tertiary/aromatic N) is 2. The minimum absolute atomic E-state index is 0.102. The molecule has 0 spiro atoms. The van der Waals surface area contributed by atoms with E-state index in [9.17, 15) is 9.59 Å². The molecule has 0 saturated carbocycles. The molecule has 3 atom stereocenters. The Hall–Kier alpha value is -3.85. The van der Waals surface area contributed by atoms with E-state index in [-0.39, 0.29) is 29.9 Å². The molecule has 0 aliphatic carbocycles. The summed E-state index contributed by atoms with van der Waals surface area (Å²) in [6, 6.07) is 17.5. The average Bonchev–Trinajstić information content (AvgIpc) is 3.13. The van der Waals surface area contributed by atoms with Gasteiger partial charge < -0.3 is 31.2 Å². The van der Waals surface area contributed by atoms with Gasteiger partial charge in [-0.3, -0.25) is 4.79 Å². The maximum Gasteiger partial charge on any atom is 0.407 e. The first kappa shape index (κ1) is 25.2. The third-order valence-electron chi connectivity index (χ3n) is 6.04. The summed E-state index contributed by atoms with van der Waals surface area (Å²) < 4.78 is 11.5. The van der Waals surface area contributed by atoms with Crippen molar-refractivity contribution in [1.29, 1.82) is 0 Å². The maximum atomic E-state index is 12.5.